The molecule has 0 radical (unpaired) electrons. The third-order valence-corrected chi connectivity index (χ3v) is 3.77. The van der Waals surface area contributed by atoms with Crippen LogP contribution in [-0.2, 0) is 6.42 Å². The van der Waals surface area contributed by atoms with Crippen LogP contribution in [-0.4, -0.2) is 33.6 Å². The maximum atomic E-state index is 11.3. The first-order valence-corrected chi connectivity index (χ1v) is 6.65. The van der Waals surface area contributed by atoms with Gasteiger partial charge in [-0.05, 0) is 44.0 Å². The smallest absolute Gasteiger partial charge is 0.352 e. The van der Waals surface area contributed by atoms with Crippen molar-refractivity contribution >= 4 is 11.5 Å². The molecule has 0 saturated carbocycles. The Bertz CT molecular complexity index is 600. The van der Waals surface area contributed by atoms with Crippen LogP contribution in [0.4, 0.5) is 0 Å². The molecule has 0 amide bonds. The van der Waals surface area contributed by atoms with Gasteiger partial charge in [0.15, 0.2) is 0 Å². The lowest BCUT2D eigenvalue weighted by atomic mass is 9.94. The summed E-state index contributed by atoms with van der Waals surface area (Å²) in [4.78, 5) is 15.7. The van der Waals surface area contributed by atoms with E-state index in [1.165, 1.54) is 0 Å². The van der Waals surface area contributed by atoms with Gasteiger partial charge in [-0.15, -0.1) is 0 Å². The number of nitrogens with zero attached hydrogens (tertiary/aromatic N) is 2. The van der Waals surface area contributed by atoms with E-state index in [4.69, 9.17) is 0 Å². The summed E-state index contributed by atoms with van der Waals surface area (Å²) in [5.41, 5.74) is 1.14. The Morgan fingerprint density at radius 3 is 2.95 bits per heavy atom. The fourth-order valence-corrected chi connectivity index (χ4v) is 2.77. The maximum absolute atomic E-state index is 11.3. The Morgan fingerprint density at radius 1 is 1.42 bits per heavy atom. The van der Waals surface area contributed by atoms with E-state index in [2.05, 4.69) is 10.3 Å². The molecule has 0 bridgehead atoms. The molecule has 0 aromatic carbocycles. The van der Waals surface area contributed by atoms with Gasteiger partial charge in [-0.3, -0.25) is 4.40 Å². The van der Waals surface area contributed by atoms with Gasteiger partial charge in [-0.2, -0.15) is 0 Å². The van der Waals surface area contributed by atoms with Crippen LogP contribution >= 0.6 is 0 Å². The van der Waals surface area contributed by atoms with E-state index in [1.54, 1.807) is 22.7 Å². The average Bonchev–Trinajstić information content (AvgIpc) is 2.83. The van der Waals surface area contributed by atoms with Crippen LogP contribution < -0.4 is 5.32 Å². The molecule has 2 N–H and O–H groups in total. The second kappa shape index (κ2) is 5.01. The van der Waals surface area contributed by atoms with Gasteiger partial charge in [0.2, 0.25) is 0 Å². The number of carboxylic acid groups (broad SMARTS) is 1. The molecule has 0 spiro atoms. The zero-order valence-electron chi connectivity index (χ0n) is 10.7. The number of nitrogens with one attached hydrogen (secondary N) is 1. The van der Waals surface area contributed by atoms with E-state index in [1.807, 2.05) is 6.07 Å². The van der Waals surface area contributed by atoms with Crippen molar-refractivity contribution in [2.24, 2.45) is 5.92 Å². The van der Waals surface area contributed by atoms with Crippen LogP contribution in [0.2, 0.25) is 0 Å². The number of hydrogen-bond acceptors (Lipinski definition) is 3. The number of piperidine rings is 1. The molecule has 2 aromatic heterocycles. The second-order valence-electron chi connectivity index (χ2n) is 5.05. The molecule has 3 heterocycles. The largest absolute Gasteiger partial charge is 0.477 e. The number of rotatable bonds is 3. The van der Waals surface area contributed by atoms with Crippen molar-refractivity contribution in [3.05, 3.63) is 35.9 Å². The number of pyridine rings is 1. The minimum absolute atomic E-state index is 0.291. The van der Waals surface area contributed by atoms with Crippen molar-refractivity contribution in [3.8, 4) is 0 Å². The highest BCUT2D eigenvalue weighted by Gasteiger charge is 2.18. The number of imidazole rings is 1. The van der Waals surface area contributed by atoms with Gasteiger partial charge < -0.3 is 10.4 Å². The molecule has 0 atom stereocenters. The third-order valence-electron chi connectivity index (χ3n) is 3.77. The van der Waals surface area contributed by atoms with Crippen LogP contribution in [0.1, 0.15) is 29.2 Å². The third kappa shape index (κ3) is 2.33. The summed E-state index contributed by atoms with van der Waals surface area (Å²) < 4.78 is 1.77. The molecular formula is C14H17N3O2. The predicted octanol–water partition coefficient (Wildman–Crippen LogP) is 1.57. The van der Waals surface area contributed by atoms with Gasteiger partial charge in [0.1, 0.15) is 11.5 Å². The molecular weight excluding hydrogens is 242 g/mol. The van der Waals surface area contributed by atoms with Gasteiger partial charge in [0.25, 0.3) is 0 Å². The zero-order chi connectivity index (χ0) is 13.2. The first kappa shape index (κ1) is 12.2. The average molecular weight is 259 g/mol. The second-order valence-corrected chi connectivity index (χ2v) is 5.05. The maximum Gasteiger partial charge on any atom is 0.352 e. The Labute approximate surface area is 111 Å². The zero-order valence-corrected chi connectivity index (χ0v) is 10.7. The highest BCUT2D eigenvalue weighted by molar-refractivity contribution is 5.86. The first-order valence-electron chi connectivity index (χ1n) is 6.65. The highest BCUT2D eigenvalue weighted by atomic mass is 16.4. The summed E-state index contributed by atoms with van der Waals surface area (Å²) in [6.07, 6.45) is 4.86. The number of carboxylic acids is 1. The van der Waals surface area contributed by atoms with Crippen molar-refractivity contribution in [2.75, 3.05) is 13.1 Å². The van der Waals surface area contributed by atoms with Crippen molar-refractivity contribution in [1.29, 1.82) is 0 Å². The van der Waals surface area contributed by atoms with Crippen LogP contribution in [0.15, 0.2) is 24.4 Å². The summed E-state index contributed by atoms with van der Waals surface area (Å²) in [6, 6.07) is 5.28. The lowest BCUT2D eigenvalue weighted by molar-refractivity contribution is 0.0688. The molecule has 1 aliphatic rings. The van der Waals surface area contributed by atoms with E-state index in [-0.39, 0.29) is 0 Å². The predicted molar refractivity (Wildman–Crippen MR) is 71.4 cm³/mol. The van der Waals surface area contributed by atoms with Gasteiger partial charge in [0, 0.05) is 6.42 Å². The normalized spacial score (nSPS) is 16.8. The summed E-state index contributed by atoms with van der Waals surface area (Å²) in [7, 11) is 0. The van der Waals surface area contributed by atoms with Crippen LogP contribution in [0.25, 0.3) is 5.52 Å². The number of fused-ring (bicyclic) bond motifs is 1. The number of aromatic carboxylic acids is 1. The van der Waals surface area contributed by atoms with Crippen LogP contribution in [0, 0.1) is 5.92 Å². The lowest BCUT2D eigenvalue weighted by Crippen LogP contribution is -2.29. The van der Waals surface area contributed by atoms with E-state index >= 15 is 0 Å². The summed E-state index contributed by atoms with van der Waals surface area (Å²) in [5, 5.41) is 12.6. The Balaban J connectivity index is 1.96. The lowest BCUT2D eigenvalue weighted by Gasteiger charge is -2.22. The first-order chi connectivity index (χ1) is 9.25. The van der Waals surface area contributed by atoms with Gasteiger partial charge in [0.05, 0.1) is 11.7 Å². The van der Waals surface area contributed by atoms with Crippen LogP contribution in [0.5, 0.6) is 0 Å². The molecule has 5 nitrogen and oxygen atoms in total. The number of hydrogen-bond donors (Lipinski definition) is 2. The quantitative estimate of drug-likeness (QED) is 0.878. The Kier molecular flexibility index (Phi) is 3.21. The summed E-state index contributed by atoms with van der Waals surface area (Å²) in [5.74, 6) is 0.545. The fraction of sp³-hybridized carbons (Fsp3) is 0.429. The number of aromatic nitrogens is 2. The minimum Gasteiger partial charge on any atom is -0.477 e. The van der Waals surface area contributed by atoms with Gasteiger partial charge in [-0.25, -0.2) is 9.78 Å². The molecule has 2 aromatic rings. The molecule has 3 rings (SSSR count). The van der Waals surface area contributed by atoms with Crippen molar-refractivity contribution in [3.63, 3.8) is 0 Å². The molecule has 1 saturated heterocycles. The van der Waals surface area contributed by atoms with Crippen LogP contribution in [0.3, 0.4) is 0 Å². The fourth-order valence-electron chi connectivity index (χ4n) is 2.77. The van der Waals surface area contributed by atoms with Crippen molar-refractivity contribution in [2.45, 2.75) is 19.3 Å². The van der Waals surface area contributed by atoms with Crippen molar-refractivity contribution < 1.29 is 9.90 Å². The highest BCUT2D eigenvalue weighted by Crippen LogP contribution is 2.19. The van der Waals surface area contributed by atoms with Gasteiger partial charge in [-0.1, -0.05) is 6.07 Å². The van der Waals surface area contributed by atoms with Gasteiger partial charge >= 0.3 is 5.97 Å². The Hall–Kier alpha value is -1.88. The minimum atomic E-state index is -0.907. The molecule has 0 unspecified atom stereocenters. The number of carbonyl (C=O) groups is 1. The molecule has 1 fully saturated rings. The van der Waals surface area contributed by atoms with E-state index < -0.39 is 5.97 Å². The van der Waals surface area contributed by atoms with Crippen molar-refractivity contribution in [1.82, 2.24) is 14.7 Å². The molecule has 1 aliphatic heterocycles. The monoisotopic (exact) mass is 259 g/mol. The van der Waals surface area contributed by atoms with E-state index in [0.717, 1.165) is 43.7 Å². The van der Waals surface area contributed by atoms with E-state index in [9.17, 15) is 9.90 Å². The standard InChI is InChI=1S/C14H17N3O2/c18-14(19)12-3-1-2-11-9-16-13(17(11)12)8-10-4-6-15-7-5-10/h1-3,9-10,15H,4-8H2,(H,18,19). The summed E-state index contributed by atoms with van der Waals surface area (Å²) >= 11 is 0. The molecule has 19 heavy (non-hydrogen) atoms. The topological polar surface area (TPSA) is 66.6 Å². The summed E-state index contributed by atoms with van der Waals surface area (Å²) in [6.45, 7) is 2.08. The van der Waals surface area contributed by atoms with E-state index in [0.29, 0.717) is 11.6 Å². The molecule has 100 valence electrons. The SMILES string of the molecule is O=C(O)c1cccc2cnc(CC3CCNCC3)n12. The molecule has 5 heteroatoms. The Morgan fingerprint density at radius 2 is 2.21 bits per heavy atom. The molecule has 0 aliphatic carbocycles.